The number of thiazole rings is 1. The molecule has 8 heteroatoms. The first-order chi connectivity index (χ1) is 12.5. The minimum atomic E-state index is -0.157. The molecule has 134 valence electrons. The van der Waals surface area contributed by atoms with E-state index in [0.717, 1.165) is 5.56 Å². The number of nitrogens with one attached hydrogen (secondary N) is 2. The normalized spacial score (nSPS) is 10.4. The molecular weight excluding hydrogens is 372 g/mol. The molecule has 0 aliphatic rings. The molecule has 2 heterocycles. The molecule has 6 nitrogen and oxygen atoms in total. The molecule has 0 saturated carbocycles. The summed E-state index contributed by atoms with van der Waals surface area (Å²) < 4.78 is 5.28. The van der Waals surface area contributed by atoms with E-state index in [-0.39, 0.29) is 12.3 Å². The maximum Gasteiger partial charge on any atom is 0.230 e. The summed E-state index contributed by atoms with van der Waals surface area (Å²) in [4.78, 5) is 20.9. The van der Waals surface area contributed by atoms with Crippen molar-refractivity contribution in [2.75, 3.05) is 17.7 Å². The largest absolute Gasteiger partial charge is 0.495 e. The van der Waals surface area contributed by atoms with E-state index in [2.05, 4.69) is 20.6 Å². The van der Waals surface area contributed by atoms with Gasteiger partial charge >= 0.3 is 0 Å². The number of pyridine rings is 1. The van der Waals surface area contributed by atoms with Gasteiger partial charge in [0.05, 0.1) is 29.9 Å². The van der Waals surface area contributed by atoms with Crippen LogP contribution in [0, 0.1) is 6.92 Å². The second-order valence-electron chi connectivity index (χ2n) is 5.56. The number of amides is 1. The average Bonchev–Trinajstić information content (AvgIpc) is 3.04. The minimum Gasteiger partial charge on any atom is -0.495 e. The first kappa shape index (κ1) is 18.2. The maximum absolute atomic E-state index is 12.3. The zero-order chi connectivity index (χ0) is 18.5. The Balaban J connectivity index is 1.62. The Morgan fingerprint density at radius 2 is 2.15 bits per heavy atom. The van der Waals surface area contributed by atoms with E-state index in [1.165, 1.54) is 11.3 Å². The van der Waals surface area contributed by atoms with Crippen LogP contribution >= 0.6 is 22.9 Å². The Labute approximate surface area is 160 Å². The van der Waals surface area contributed by atoms with Gasteiger partial charge in [0.2, 0.25) is 5.91 Å². The predicted octanol–water partition coefficient (Wildman–Crippen LogP) is 4.43. The molecule has 0 unspecified atom stereocenters. The number of anilines is 3. The van der Waals surface area contributed by atoms with Crippen molar-refractivity contribution < 1.29 is 9.53 Å². The van der Waals surface area contributed by atoms with Gasteiger partial charge in [-0.2, -0.15) is 0 Å². The van der Waals surface area contributed by atoms with Gasteiger partial charge in [0, 0.05) is 11.6 Å². The van der Waals surface area contributed by atoms with Crippen LogP contribution in [0.4, 0.5) is 16.6 Å². The van der Waals surface area contributed by atoms with Crippen LogP contribution in [0.2, 0.25) is 5.02 Å². The predicted molar refractivity (Wildman–Crippen MR) is 105 cm³/mol. The van der Waals surface area contributed by atoms with Gasteiger partial charge in [-0.05, 0) is 36.8 Å². The lowest BCUT2D eigenvalue weighted by atomic mass is 10.2. The van der Waals surface area contributed by atoms with E-state index in [1.807, 2.05) is 30.5 Å². The quantitative estimate of drug-likeness (QED) is 0.653. The van der Waals surface area contributed by atoms with Crippen LogP contribution in [0.5, 0.6) is 5.75 Å². The second kappa shape index (κ2) is 8.16. The summed E-state index contributed by atoms with van der Waals surface area (Å²) in [5, 5.41) is 9.02. The lowest BCUT2D eigenvalue weighted by molar-refractivity contribution is -0.115. The van der Waals surface area contributed by atoms with Crippen LogP contribution < -0.4 is 15.4 Å². The van der Waals surface area contributed by atoms with Gasteiger partial charge in [-0.1, -0.05) is 17.7 Å². The third-order valence-corrected chi connectivity index (χ3v) is 4.51. The highest BCUT2D eigenvalue weighted by molar-refractivity contribution is 7.13. The van der Waals surface area contributed by atoms with E-state index in [9.17, 15) is 4.79 Å². The first-order valence-corrected chi connectivity index (χ1v) is 9.07. The highest BCUT2D eigenvalue weighted by Crippen LogP contribution is 2.26. The number of carbonyl (C=O) groups excluding carboxylic acids is 1. The lowest BCUT2D eigenvalue weighted by Gasteiger charge is -2.10. The maximum atomic E-state index is 12.3. The molecule has 0 saturated heterocycles. The Morgan fingerprint density at radius 1 is 1.31 bits per heavy atom. The van der Waals surface area contributed by atoms with Gasteiger partial charge < -0.3 is 15.4 Å². The highest BCUT2D eigenvalue weighted by Gasteiger charge is 2.11. The van der Waals surface area contributed by atoms with Gasteiger partial charge in [0.1, 0.15) is 11.6 Å². The van der Waals surface area contributed by atoms with E-state index >= 15 is 0 Å². The summed E-state index contributed by atoms with van der Waals surface area (Å²) in [6, 6.07) is 9.14. The van der Waals surface area contributed by atoms with Gasteiger partial charge in [0.25, 0.3) is 0 Å². The van der Waals surface area contributed by atoms with Gasteiger partial charge in [-0.15, -0.1) is 11.3 Å². The molecule has 0 atom stereocenters. The standard InChI is InChI=1S/C18H17ClN4O2S/c1-11-3-5-15(25-2)14(7-11)22-17(24)8-13-10-26-18(21-13)23-16-6-4-12(19)9-20-16/h3-7,9-10H,8H2,1-2H3,(H,22,24)(H,20,21,23). The molecule has 0 aliphatic heterocycles. The average molecular weight is 389 g/mol. The topological polar surface area (TPSA) is 76.1 Å². The molecule has 0 bridgehead atoms. The SMILES string of the molecule is COc1ccc(C)cc1NC(=O)Cc1csc(Nc2ccc(Cl)cn2)n1. The van der Waals surface area contributed by atoms with Crippen molar-refractivity contribution in [3.05, 3.63) is 58.2 Å². The summed E-state index contributed by atoms with van der Waals surface area (Å²) in [6.07, 6.45) is 1.73. The number of ether oxygens (including phenoxy) is 1. The Kier molecular flexibility index (Phi) is 5.70. The van der Waals surface area contributed by atoms with Crippen LogP contribution in [0.15, 0.2) is 41.9 Å². The number of hydrogen-bond acceptors (Lipinski definition) is 6. The van der Waals surface area contributed by atoms with Gasteiger partial charge in [-0.25, -0.2) is 9.97 Å². The van der Waals surface area contributed by atoms with E-state index in [1.54, 1.807) is 25.4 Å². The number of aryl methyl sites for hydroxylation is 1. The smallest absolute Gasteiger partial charge is 0.230 e. The number of halogens is 1. The van der Waals surface area contributed by atoms with Crippen molar-refractivity contribution in [2.24, 2.45) is 0 Å². The Hall–Kier alpha value is -2.64. The molecule has 0 aliphatic carbocycles. The molecule has 3 aromatic rings. The zero-order valence-corrected chi connectivity index (χ0v) is 15.8. The lowest BCUT2D eigenvalue weighted by Crippen LogP contribution is -2.15. The molecule has 2 N–H and O–H groups in total. The fraction of sp³-hybridized carbons (Fsp3) is 0.167. The summed E-state index contributed by atoms with van der Waals surface area (Å²) in [6.45, 7) is 1.96. The molecule has 0 fully saturated rings. The first-order valence-electron chi connectivity index (χ1n) is 7.81. The molecule has 2 aromatic heterocycles. The summed E-state index contributed by atoms with van der Waals surface area (Å²) in [7, 11) is 1.57. The highest BCUT2D eigenvalue weighted by atomic mass is 35.5. The summed E-state index contributed by atoms with van der Waals surface area (Å²) >= 11 is 7.22. The van der Waals surface area contributed by atoms with Crippen LogP contribution in [-0.2, 0) is 11.2 Å². The summed E-state index contributed by atoms with van der Waals surface area (Å²) in [5.74, 6) is 1.11. The number of hydrogen-bond donors (Lipinski definition) is 2. The van der Waals surface area contributed by atoms with Crippen molar-refractivity contribution in [2.45, 2.75) is 13.3 Å². The number of rotatable bonds is 6. The Bertz CT molecular complexity index is 912. The van der Waals surface area contributed by atoms with Gasteiger partial charge in [0.15, 0.2) is 5.13 Å². The molecule has 0 radical (unpaired) electrons. The van der Waals surface area contributed by atoms with Gasteiger partial charge in [-0.3, -0.25) is 4.79 Å². The fourth-order valence-corrected chi connectivity index (χ4v) is 3.11. The van der Waals surface area contributed by atoms with E-state index in [4.69, 9.17) is 16.3 Å². The third kappa shape index (κ3) is 4.71. The van der Waals surface area contributed by atoms with Crippen molar-refractivity contribution in [1.29, 1.82) is 0 Å². The van der Waals surface area contributed by atoms with E-state index < -0.39 is 0 Å². The number of carbonyl (C=O) groups is 1. The monoisotopic (exact) mass is 388 g/mol. The molecular formula is C18H17ClN4O2S. The van der Waals surface area contributed by atoms with E-state index in [0.29, 0.717) is 33.1 Å². The van der Waals surface area contributed by atoms with Crippen LogP contribution in [0.3, 0.4) is 0 Å². The van der Waals surface area contributed by atoms with Crippen LogP contribution in [0.1, 0.15) is 11.3 Å². The number of benzene rings is 1. The third-order valence-electron chi connectivity index (χ3n) is 3.48. The fourth-order valence-electron chi connectivity index (χ4n) is 2.28. The van der Waals surface area contributed by atoms with Crippen molar-refractivity contribution in [3.8, 4) is 5.75 Å². The van der Waals surface area contributed by atoms with Crippen molar-refractivity contribution in [1.82, 2.24) is 9.97 Å². The molecule has 0 spiro atoms. The number of methoxy groups -OCH3 is 1. The van der Waals surface area contributed by atoms with Crippen molar-refractivity contribution in [3.63, 3.8) is 0 Å². The minimum absolute atomic E-state index is 0.157. The Morgan fingerprint density at radius 3 is 2.88 bits per heavy atom. The summed E-state index contributed by atoms with van der Waals surface area (Å²) in [5.41, 5.74) is 2.36. The van der Waals surface area contributed by atoms with Crippen molar-refractivity contribution >= 4 is 45.5 Å². The van der Waals surface area contributed by atoms with Crippen LogP contribution in [-0.4, -0.2) is 23.0 Å². The van der Waals surface area contributed by atoms with Crippen LogP contribution in [0.25, 0.3) is 0 Å². The molecule has 1 aromatic carbocycles. The number of nitrogens with zero attached hydrogens (tertiary/aromatic N) is 2. The molecule has 1 amide bonds. The number of aromatic nitrogens is 2. The molecule has 26 heavy (non-hydrogen) atoms. The molecule has 3 rings (SSSR count). The zero-order valence-electron chi connectivity index (χ0n) is 14.2. The second-order valence-corrected chi connectivity index (χ2v) is 6.85.